The molecule has 0 aliphatic carbocycles. The first-order chi connectivity index (χ1) is 9.56. The molecule has 0 radical (unpaired) electrons. The Hall–Kier alpha value is -1.51. The number of aryl methyl sites for hydroxylation is 2. The molecule has 0 unspecified atom stereocenters. The van der Waals surface area contributed by atoms with Crippen molar-refractivity contribution >= 4 is 11.6 Å². The summed E-state index contributed by atoms with van der Waals surface area (Å²) in [6.45, 7) is 4.92. The third kappa shape index (κ3) is 2.97. The van der Waals surface area contributed by atoms with E-state index in [0.717, 1.165) is 34.0 Å². The van der Waals surface area contributed by atoms with E-state index in [1.165, 1.54) is 11.1 Å². The number of rotatable bonds is 4. The molecule has 0 aliphatic rings. The van der Waals surface area contributed by atoms with Crippen LogP contribution < -0.4 is 10.1 Å². The van der Waals surface area contributed by atoms with E-state index in [1.54, 1.807) is 7.11 Å². The first kappa shape index (κ1) is 14.9. The number of benzene rings is 2. The molecule has 2 rings (SSSR count). The zero-order valence-electron chi connectivity index (χ0n) is 12.4. The van der Waals surface area contributed by atoms with Gasteiger partial charge in [-0.2, -0.15) is 0 Å². The highest BCUT2D eigenvalue weighted by molar-refractivity contribution is 6.31. The fourth-order valence-corrected chi connectivity index (χ4v) is 2.62. The van der Waals surface area contributed by atoms with Crippen LogP contribution in [-0.4, -0.2) is 14.2 Å². The number of hydrogen-bond donors (Lipinski definition) is 1. The molecule has 0 atom stereocenters. The van der Waals surface area contributed by atoms with Gasteiger partial charge in [0.1, 0.15) is 5.75 Å². The van der Waals surface area contributed by atoms with E-state index < -0.39 is 0 Å². The maximum atomic E-state index is 6.34. The number of ether oxygens (including phenoxy) is 1. The van der Waals surface area contributed by atoms with Crippen LogP contribution in [0.4, 0.5) is 0 Å². The second-order valence-electron chi connectivity index (χ2n) is 4.97. The van der Waals surface area contributed by atoms with Gasteiger partial charge in [-0.15, -0.1) is 0 Å². The molecule has 2 aromatic rings. The number of halogens is 1. The summed E-state index contributed by atoms with van der Waals surface area (Å²) in [6.07, 6.45) is 0. The molecular formula is C17H20ClNO. The van der Waals surface area contributed by atoms with Crippen LogP contribution in [0.25, 0.3) is 11.1 Å². The monoisotopic (exact) mass is 289 g/mol. The minimum atomic E-state index is 0.778. The number of hydrogen-bond acceptors (Lipinski definition) is 2. The maximum Gasteiger partial charge on any atom is 0.122 e. The third-order valence-electron chi connectivity index (χ3n) is 3.47. The van der Waals surface area contributed by atoms with Crippen molar-refractivity contribution in [3.05, 3.63) is 52.0 Å². The summed E-state index contributed by atoms with van der Waals surface area (Å²) in [4.78, 5) is 0. The van der Waals surface area contributed by atoms with E-state index in [0.29, 0.717) is 0 Å². The summed E-state index contributed by atoms with van der Waals surface area (Å²) in [5.74, 6) is 0.921. The summed E-state index contributed by atoms with van der Waals surface area (Å²) in [7, 11) is 3.62. The Labute approximate surface area is 125 Å². The van der Waals surface area contributed by atoms with Crippen molar-refractivity contribution in [2.24, 2.45) is 0 Å². The predicted octanol–water partition coefficient (Wildman–Crippen LogP) is 4.35. The van der Waals surface area contributed by atoms with Crippen LogP contribution in [0.3, 0.4) is 0 Å². The van der Waals surface area contributed by atoms with Crippen LogP contribution in [0.2, 0.25) is 5.02 Å². The standard InChI is InChI=1S/C17H20ClNO/c1-11-8-17(20-4)12(2)7-15(11)13-5-6-14(10-19-3)16(18)9-13/h5-9,19H,10H2,1-4H3. The number of nitrogens with one attached hydrogen (secondary N) is 1. The molecule has 1 N–H and O–H groups in total. The van der Waals surface area contributed by atoms with E-state index in [4.69, 9.17) is 16.3 Å². The molecule has 0 saturated heterocycles. The van der Waals surface area contributed by atoms with E-state index in [1.807, 2.05) is 13.1 Å². The predicted molar refractivity (Wildman–Crippen MR) is 85.7 cm³/mol. The summed E-state index contributed by atoms with van der Waals surface area (Å²) in [6, 6.07) is 10.4. The van der Waals surface area contributed by atoms with Gasteiger partial charge in [0.05, 0.1) is 7.11 Å². The van der Waals surface area contributed by atoms with Gasteiger partial charge in [0.25, 0.3) is 0 Å². The van der Waals surface area contributed by atoms with Gasteiger partial charge in [-0.3, -0.25) is 0 Å². The van der Waals surface area contributed by atoms with Gasteiger partial charge >= 0.3 is 0 Å². The highest BCUT2D eigenvalue weighted by Crippen LogP contribution is 2.32. The lowest BCUT2D eigenvalue weighted by Gasteiger charge is -2.13. The summed E-state index contributed by atoms with van der Waals surface area (Å²) in [5.41, 5.74) is 5.76. The van der Waals surface area contributed by atoms with Crippen molar-refractivity contribution in [2.75, 3.05) is 14.2 Å². The Morgan fingerprint density at radius 1 is 1.10 bits per heavy atom. The lowest BCUT2D eigenvalue weighted by molar-refractivity contribution is 0.411. The smallest absolute Gasteiger partial charge is 0.122 e. The fraction of sp³-hybridized carbons (Fsp3) is 0.294. The zero-order chi connectivity index (χ0) is 14.7. The zero-order valence-corrected chi connectivity index (χ0v) is 13.1. The van der Waals surface area contributed by atoms with Crippen LogP contribution in [0, 0.1) is 13.8 Å². The minimum absolute atomic E-state index is 0.778. The van der Waals surface area contributed by atoms with Gasteiger partial charge in [-0.05, 0) is 66.9 Å². The van der Waals surface area contributed by atoms with Crippen LogP contribution in [0.5, 0.6) is 5.75 Å². The molecule has 0 heterocycles. The maximum absolute atomic E-state index is 6.34. The van der Waals surface area contributed by atoms with Crippen LogP contribution in [0.15, 0.2) is 30.3 Å². The van der Waals surface area contributed by atoms with Gasteiger partial charge in [0.15, 0.2) is 0 Å². The Morgan fingerprint density at radius 3 is 2.45 bits per heavy atom. The van der Waals surface area contributed by atoms with Crippen molar-refractivity contribution in [1.82, 2.24) is 5.32 Å². The molecule has 3 heteroatoms. The van der Waals surface area contributed by atoms with E-state index in [2.05, 4.69) is 43.4 Å². The lowest BCUT2D eigenvalue weighted by atomic mass is 9.97. The average Bonchev–Trinajstić information content (AvgIpc) is 2.43. The molecule has 0 spiro atoms. The van der Waals surface area contributed by atoms with Gasteiger partial charge in [0.2, 0.25) is 0 Å². The topological polar surface area (TPSA) is 21.3 Å². The Bertz CT molecular complexity index is 623. The fourth-order valence-electron chi connectivity index (χ4n) is 2.37. The van der Waals surface area contributed by atoms with E-state index in [-0.39, 0.29) is 0 Å². The molecule has 0 aromatic heterocycles. The summed E-state index contributed by atoms with van der Waals surface area (Å²) < 4.78 is 5.36. The molecular weight excluding hydrogens is 270 g/mol. The Balaban J connectivity index is 2.46. The first-order valence-corrected chi connectivity index (χ1v) is 7.03. The van der Waals surface area contributed by atoms with Crippen molar-refractivity contribution in [2.45, 2.75) is 20.4 Å². The second kappa shape index (κ2) is 6.29. The van der Waals surface area contributed by atoms with E-state index >= 15 is 0 Å². The van der Waals surface area contributed by atoms with Crippen LogP contribution >= 0.6 is 11.6 Å². The lowest BCUT2D eigenvalue weighted by Crippen LogP contribution is -2.05. The molecule has 20 heavy (non-hydrogen) atoms. The number of methoxy groups -OCH3 is 1. The van der Waals surface area contributed by atoms with Crippen LogP contribution in [-0.2, 0) is 6.54 Å². The minimum Gasteiger partial charge on any atom is -0.496 e. The summed E-state index contributed by atoms with van der Waals surface area (Å²) in [5, 5.41) is 3.91. The van der Waals surface area contributed by atoms with Crippen molar-refractivity contribution < 1.29 is 4.74 Å². The van der Waals surface area contributed by atoms with Gasteiger partial charge in [0, 0.05) is 11.6 Å². The normalized spacial score (nSPS) is 10.7. The Kier molecular flexibility index (Phi) is 4.69. The SMILES string of the molecule is CNCc1ccc(-c2cc(C)c(OC)cc2C)cc1Cl. The molecule has 0 fully saturated rings. The van der Waals surface area contributed by atoms with Crippen molar-refractivity contribution in [3.63, 3.8) is 0 Å². The van der Waals surface area contributed by atoms with Crippen molar-refractivity contribution in [1.29, 1.82) is 0 Å². The summed E-state index contributed by atoms with van der Waals surface area (Å²) >= 11 is 6.34. The van der Waals surface area contributed by atoms with Crippen molar-refractivity contribution in [3.8, 4) is 16.9 Å². The molecule has 2 nitrogen and oxygen atoms in total. The van der Waals surface area contributed by atoms with Gasteiger partial charge in [-0.1, -0.05) is 23.7 Å². The highest BCUT2D eigenvalue weighted by atomic mass is 35.5. The Morgan fingerprint density at radius 2 is 1.85 bits per heavy atom. The highest BCUT2D eigenvalue weighted by Gasteiger charge is 2.09. The largest absolute Gasteiger partial charge is 0.496 e. The molecule has 0 amide bonds. The quantitative estimate of drug-likeness (QED) is 0.903. The molecule has 0 bridgehead atoms. The molecule has 0 aliphatic heterocycles. The molecule has 106 valence electrons. The second-order valence-corrected chi connectivity index (χ2v) is 5.38. The van der Waals surface area contributed by atoms with Gasteiger partial charge < -0.3 is 10.1 Å². The van der Waals surface area contributed by atoms with Crippen LogP contribution in [0.1, 0.15) is 16.7 Å². The first-order valence-electron chi connectivity index (χ1n) is 6.65. The molecule has 2 aromatic carbocycles. The third-order valence-corrected chi connectivity index (χ3v) is 3.83. The van der Waals surface area contributed by atoms with E-state index in [9.17, 15) is 0 Å². The molecule has 0 saturated carbocycles. The van der Waals surface area contributed by atoms with Gasteiger partial charge in [-0.25, -0.2) is 0 Å². The average molecular weight is 290 g/mol.